The van der Waals surface area contributed by atoms with Gasteiger partial charge in [-0.05, 0) is 30.7 Å². The fraction of sp³-hybridized carbons (Fsp3) is 0.211. The van der Waals surface area contributed by atoms with Crippen molar-refractivity contribution in [3.63, 3.8) is 0 Å². The van der Waals surface area contributed by atoms with Gasteiger partial charge < -0.3 is 15.0 Å². The predicted octanol–water partition coefficient (Wildman–Crippen LogP) is 2.76. The molecule has 28 heavy (non-hydrogen) atoms. The van der Waals surface area contributed by atoms with Crippen LogP contribution in [0.2, 0.25) is 0 Å². The van der Waals surface area contributed by atoms with Gasteiger partial charge in [-0.3, -0.25) is 19.7 Å². The molecule has 0 spiro atoms. The van der Waals surface area contributed by atoms with Gasteiger partial charge >= 0.3 is 5.97 Å². The van der Waals surface area contributed by atoms with Crippen LogP contribution in [-0.2, 0) is 9.53 Å². The Labute approximate surface area is 160 Å². The largest absolute Gasteiger partial charge is 0.465 e. The molecule has 1 aliphatic rings. The molecule has 1 fully saturated rings. The van der Waals surface area contributed by atoms with Gasteiger partial charge in [-0.15, -0.1) is 0 Å². The van der Waals surface area contributed by atoms with Crippen LogP contribution < -0.4 is 10.2 Å². The van der Waals surface area contributed by atoms with Crippen LogP contribution in [0.3, 0.4) is 0 Å². The first-order chi connectivity index (χ1) is 13.4. The number of hydrogen-bond acceptors (Lipinski definition) is 6. The predicted molar refractivity (Wildman–Crippen MR) is 100 cm³/mol. The molecule has 0 saturated carbocycles. The molecule has 9 heteroatoms. The Kier molecular flexibility index (Phi) is 5.35. The van der Waals surface area contributed by atoms with Crippen molar-refractivity contribution in [1.82, 2.24) is 0 Å². The third-order valence-electron chi connectivity index (χ3n) is 4.30. The monoisotopic (exact) mass is 383 g/mol. The molecule has 0 unspecified atom stereocenters. The van der Waals surface area contributed by atoms with Crippen molar-refractivity contribution in [3.8, 4) is 0 Å². The molecular formula is C19H17N3O6. The summed E-state index contributed by atoms with van der Waals surface area (Å²) in [7, 11) is 1.14. The summed E-state index contributed by atoms with van der Waals surface area (Å²) in [6.07, 6.45) is 1.26. The van der Waals surface area contributed by atoms with Gasteiger partial charge in [-0.1, -0.05) is 6.07 Å². The van der Waals surface area contributed by atoms with Gasteiger partial charge in [-0.25, -0.2) is 4.79 Å². The highest BCUT2D eigenvalue weighted by molar-refractivity contribution is 6.06. The number of rotatable bonds is 5. The van der Waals surface area contributed by atoms with E-state index >= 15 is 0 Å². The van der Waals surface area contributed by atoms with E-state index in [1.807, 2.05) is 0 Å². The molecule has 0 aromatic heterocycles. The molecule has 0 radical (unpaired) electrons. The molecule has 1 aliphatic heterocycles. The van der Waals surface area contributed by atoms with E-state index in [0.717, 1.165) is 25.7 Å². The molecule has 9 nitrogen and oxygen atoms in total. The van der Waals surface area contributed by atoms with Crippen molar-refractivity contribution in [2.24, 2.45) is 0 Å². The minimum Gasteiger partial charge on any atom is -0.465 e. The molecular weight excluding hydrogens is 366 g/mol. The maximum atomic E-state index is 12.6. The van der Waals surface area contributed by atoms with Crippen LogP contribution in [0.25, 0.3) is 0 Å². The zero-order valence-electron chi connectivity index (χ0n) is 15.0. The molecule has 1 heterocycles. The molecule has 0 bridgehead atoms. The topological polar surface area (TPSA) is 119 Å². The van der Waals surface area contributed by atoms with Crippen molar-refractivity contribution >= 4 is 34.8 Å². The third kappa shape index (κ3) is 3.98. The first-order valence-corrected chi connectivity index (χ1v) is 8.48. The SMILES string of the molecule is COC(=O)c1cc(C(=O)Nc2cccc(N3CCCC3=O)c2)cc([N+](=O)[O-])c1. The van der Waals surface area contributed by atoms with Gasteiger partial charge in [0.25, 0.3) is 11.6 Å². The number of amides is 2. The second-order valence-electron chi connectivity index (χ2n) is 6.17. The average molecular weight is 383 g/mol. The zero-order chi connectivity index (χ0) is 20.3. The summed E-state index contributed by atoms with van der Waals surface area (Å²) in [6, 6.07) is 10.1. The van der Waals surface area contributed by atoms with E-state index in [2.05, 4.69) is 10.1 Å². The van der Waals surface area contributed by atoms with Crippen molar-refractivity contribution in [2.75, 3.05) is 23.9 Å². The van der Waals surface area contributed by atoms with Crippen LogP contribution in [-0.4, -0.2) is 36.4 Å². The molecule has 3 rings (SSSR count). The maximum absolute atomic E-state index is 12.6. The second kappa shape index (κ2) is 7.87. The number of nitro groups is 1. The molecule has 2 aromatic carbocycles. The van der Waals surface area contributed by atoms with Gasteiger partial charge in [0.2, 0.25) is 5.91 Å². The van der Waals surface area contributed by atoms with E-state index in [4.69, 9.17) is 0 Å². The van der Waals surface area contributed by atoms with Crippen molar-refractivity contribution in [3.05, 3.63) is 63.7 Å². The summed E-state index contributed by atoms with van der Waals surface area (Å²) in [4.78, 5) is 48.3. The van der Waals surface area contributed by atoms with E-state index in [1.165, 1.54) is 6.07 Å². The minimum absolute atomic E-state index is 0.0184. The van der Waals surface area contributed by atoms with Crippen LogP contribution in [0.5, 0.6) is 0 Å². The number of esters is 1. The highest BCUT2D eigenvalue weighted by Crippen LogP contribution is 2.25. The molecule has 0 aliphatic carbocycles. The lowest BCUT2D eigenvalue weighted by molar-refractivity contribution is -0.384. The smallest absolute Gasteiger partial charge is 0.338 e. The minimum atomic E-state index is -0.785. The Hall–Kier alpha value is -3.75. The van der Waals surface area contributed by atoms with Crippen LogP contribution >= 0.6 is 0 Å². The zero-order valence-corrected chi connectivity index (χ0v) is 15.0. The van der Waals surface area contributed by atoms with E-state index < -0.39 is 22.5 Å². The Morgan fingerprint density at radius 3 is 2.57 bits per heavy atom. The molecule has 144 valence electrons. The third-order valence-corrected chi connectivity index (χ3v) is 4.30. The van der Waals surface area contributed by atoms with Crippen LogP contribution in [0, 0.1) is 10.1 Å². The van der Waals surface area contributed by atoms with Gasteiger partial charge in [0.1, 0.15) is 0 Å². The van der Waals surface area contributed by atoms with Crippen LogP contribution in [0.15, 0.2) is 42.5 Å². The lowest BCUT2D eigenvalue weighted by Gasteiger charge is -2.16. The summed E-state index contributed by atoms with van der Waals surface area (Å²) >= 11 is 0. The highest BCUT2D eigenvalue weighted by atomic mass is 16.6. The first-order valence-electron chi connectivity index (χ1n) is 8.48. The van der Waals surface area contributed by atoms with E-state index in [0.29, 0.717) is 24.3 Å². The summed E-state index contributed by atoms with van der Waals surface area (Å²) in [5.41, 5.74) is 0.530. The number of nitrogens with one attached hydrogen (secondary N) is 1. The standard InChI is InChI=1S/C19H17N3O6/c1-28-19(25)13-8-12(9-16(10-13)22(26)27)18(24)20-14-4-2-5-15(11-14)21-7-3-6-17(21)23/h2,4-5,8-11H,3,6-7H2,1H3,(H,20,24). The lowest BCUT2D eigenvalue weighted by atomic mass is 10.1. The molecule has 2 aromatic rings. The Morgan fingerprint density at radius 1 is 1.18 bits per heavy atom. The number of anilines is 2. The summed E-state index contributed by atoms with van der Waals surface area (Å²) in [5, 5.41) is 13.7. The van der Waals surface area contributed by atoms with E-state index in [1.54, 1.807) is 29.2 Å². The quantitative estimate of drug-likeness (QED) is 0.482. The number of carbonyl (C=O) groups excluding carboxylic acids is 3. The fourth-order valence-electron chi connectivity index (χ4n) is 2.96. The van der Waals surface area contributed by atoms with Gasteiger partial charge in [0, 0.05) is 42.0 Å². The Morgan fingerprint density at radius 2 is 1.93 bits per heavy atom. The molecule has 1 N–H and O–H groups in total. The van der Waals surface area contributed by atoms with E-state index in [-0.39, 0.29) is 17.0 Å². The number of methoxy groups -OCH3 is 1. The molecule has 2 amide bonds. The van der Waals surface area contributed by atoms with Crippen molar-refractivity contribution in [2.45, 2.75) is 12.8 Å². The summed E-state index contributed by atoms with van der Waals surface area (Å²) in [5.74, 6) is -1.39. The fourth-order valence-corrected chi connectivity index (χ4v) is 2.96. The van der Waals surface area contributed by atoms with Crippen molar-refractivity contribution in [1.29, 1.82) is 0 Å². The van der Waals surface area contributed by atoms with E-state index in [9.17, 15) is 24.5 Å². The van der Waals surface area contributed by atoms with Crippen LogP contribution in [0.1, 0.15) is 33.6 Å². The molecule has 0 atom stereocenters. The second-order valence-corrected chi connectivity index (χ2v) is 6.17. The normalized spacial score (nSPS) is 13.3. The lowest BCUT2D eigenvalue weighted by Crippen LogP contribution is -2.23. The Bertz CT molecular complexity index is 972. The maximum Gasteiger partial charge on any atom is 0.338 e. The summed E-state index contributed by atoms with van der Waals surface area (Å²) < 4.78 is 4.58. The Balaban J connectivity index is 1.87. The van der Waals surface area contributed by atoms with Gasteiger partial charge in [0.15, 0.2) is 0 Å². The number of benzene rings is 2. The number of nitro benzene ring substituents is 1. The van der Waals surface area contributed by atoms with Crippen LogP contribution in [0.4, 0.5) is 17.1 Å². The number of hydrogen-bond donors (Lipinski definition) is 1. The first kappa shape index (κ1) is 19.0. The average Bonchev–Trinajstić information content (AvgIpc) is 3.13. The van der Waals surface area contributed by atoms with Crippen molar-refractivity contribution < 1.29 is 24.0 Å². The summed E-state index contributed by atoms with van der Waals surface area (Å²) in [6.45, 7) is 0.615. The molecule has 1 saturated heterocycles. The number of non-ortho nitro benzene ring substituents is 1. The number of carbonyl (C=O) groups is 3. The number of ether oxygens (including phenoxy) is 1. The van der Waals surface area contributed by atoms with Gasteiger partial charge in [0.05, 0.1) is 17.6 Å². The highest BCUT2D eigenvalue weighted by Gasteiger charge is 2.22. The van der Waals surface area contributed by atoms with Gasteiger partial charge in [-0.2, -0.15) is 0 Å². The number of nitrogens with zero attached hydrogens (tertiary/aromatic N) is 2.